The third-order valence-corrected chi connectivity index (χ3v) is 3.45. The van der Waals surface area contributed by atoms with Gasteiger partial charge in [0.2, 0.25) is 0 Å². The van der Waals surface area contributed by atoms with Gasteiger partial charge in [0.25, 0.3) is 11.8 Å². The predicted octanol–water partition coefficient (Wildman–Crippen LogP) is 3.86. The highest BCUT2D eigenvalue weighted by atomic mass is 19.1. The van der Waals surface area contributed by atoms with Crippen molar-refractivity contribution in [3.05, 3.63) is 89.5 Å². The zero-order valence-electron chi connectivity index (χ0n) is 13.4. The van der Waals surface area contributed by atoms with Crippen molar-refractivity contribution in [2.45, 2.75) is 0 Å². The van der Waals surface area contributed by atoms with Crippen molar-refractivity contribution >= 4 is 23.5 Å². The number of hydrogen-bond donors (Lipinski definition) is 2. The van der Waals surface area contributed by atoms with Crippen LogP contribution in [0.5, 0.6) is 0 Å². The van der Waals surface area contributed by atoms with Crippen LogP contribution in [0.3, 0.4) is 0 Å². The predicted molar refractivity (Wildman–Crippen MR) is 92.9 cm³/mol. The largest absolute Gasteiger partial charge is 0.306 e. The third kappa shape index (κ3) is 4.27. The maximum atomic E-state index is 12.9. The fourth-order valence-electron chi connectivity index (χ4n) is 2.15. The molecular weight excluding hydrogens is 340 g/mol. The second-order valence-corrected chi connectivity index (χ2v) is 5.33. The molecule has 0 unspecified atom stereocenters. The van der Waals surface area contributed by atoms with Gasteiger partial charge in [-0.25, -0.2) is 13.8 Å². The van der Waals surface area contributed by atoms with E-state index in [0.717, 1.165) is 0 Å². The quantitative estimate of drug-likeness (QED) is 0.748. The summed E-state index contributed by atoms with van der Waals surface area (Å²) in [4.78, 5) is 28.4. The molecule has 0 aliphatic heterocycles. The Morgan fingerprint density at radius 3 is 1.42 bits per heavy atom. The van der Waals surface area contributed by atoms with Crippen LogP contribution in [-0.2, 0) is 0 Å². The standard InChI is InChI=1S/C19H13F2N3O2/c20-14-8-4-12(5-9-14)18(25)23-16-2-1-3-17(22-16)24-19(26)13-6-10-15(21)11-7-13/h1-11H,(H2,22,23,24,25,26). The number of pyridine rings is 1. The van der Waals surface area contributed by atoms with E-state index in [1.165, 1.54) is 48.5 Å². The summed E-state index contributed by atoms with van der Waals surface area (Å²) in [5, 5.41) is 5.13. The molecule has 3 rings (SSSR count). The van der Waals surface area contributed by atoms with Crippen LogP contribution in [0.15, 0.2) is 66.7 Å². The summed E-state index contributed by atoms with van der Waals surface area (Å²) >= 11 is 0. The van der Waals surface area contributed by atoms with E-state index in [2.05, 4.69) is 15.6 Å². The van der Waals surface area contributed by atoms with Crippen LogP contribution in [0.1, 0.15) is 20.7 Å². The van der Waals surface area contributed by atoms with Gasteiger partial charge in [0, 0.05) is 11.1 Å². The number of benzene rings is 2. The topological polar surface area (TPSA) is 71.1 Å². The summed E-state index contributed by atoms with van der Waals surface area (Å²) in [5.74, 6) is -1.36. The second kappa shape index (κ2) is 7.52. The van der Waals surface area contributed by atoms with Crippen LogP contribution in [0.2, 0.25) is 0 Å². The normalized spacial score (nSPS) is 10.2. The SMILES string of the molecule is O=C(Nc1cccc(NC(=O)c2ccc(F)cc2)n1)c1ccc(F)cc1. The summed E-state index contributed by atoms with van der Waals surface area (Å²) in [6, 6.07) is 14.8. The summed E-state index contributed by atoms with van der Waals surface area (Å²) in [6.45, 7) is 0. The summed E-state index contributed by atoms with van der Waals surface area (Å²) < 4.78 is 25.8. The van der Waals surface area contributed by atoms with Crippen molar-refractivity contribution < 1.29 is 18.4 Å². The van der Waals surface area contributed by atoms with Gasteiger partial charge >= 0.3 is 0 Å². The average Bonchev–Trinajstić information content (AvgIpc) is 2.63. The number of anilines is 2. The monoisotopic (exact) mass is 353 g/mol. The van der Waals surface area contributed by atoms with Crippen molar-refractivity contribution in [2.24, 2.45) is 0 Å². The maximum Gasteiger partial charge on any atom is 0.256 e. The molecule has 7 heteroatoms. The number of nitrogens with one attached hydrogen (secondary N) is 2. The molecule has 2 aromatic carbocycles. The van der Waals surface area contributed by atoms with Gasteiger partial charge in [0.1, 0.15) is 23.3 Å². The van der Waals surface area contributed by atoms with Crippen LogP contribution in [0.4, 0.5) is 20.4 Å². The number of rotatable bonds is 4. The van der Waals surface area contributed by atoms with E-state index in [9.17, 15) is 18.4 Å². The highest BCUT2D eigenvalue weighted by molar-refractivity contribution is 6.05. The molecule has 3 aromatic rings. The zero-order valence-corrected chi connectivity index (χ0v) is 13.4. The molecule has 2 N–H and O–H groups in total. The first-order chi connectivity index (χ1) is 12.5. The lowest BCUT2D eigenvalue weighted by molar-refractivity contribution is 0.101. The molecule has 0 aliphatic rings. The Labute approximate surface area is 147 Å². The first-order valence-electron chi connectivity index (χ1n) is 7.62. The van der Waals surface area contributed by atoms with Crippen LogP contribution in [0.25, 0.3) is 0 Å². The minimum Gasteiger partial charge on any atom is -0.306 e. The van der Waals surface area contributed by atoms with E-state index in [1.807, 2.05) is 0 Å². The van der Waals surface area contributed by atoms with E-state index in [4.69, 9.17) is 0 Å². The molecule has 0 bridgehead atoms. The van der Waals surface area contributed by atoms with E-state index in [1.54, 1.807) is 18.2 Å². The minimum absolute atomic E-state index is 0.219. The molecule has 26 heavy (non-hydrogen) atoms. The van der Waals surface area contributed by atoms with Gasteiger partial charge in [0.15, 0.2) is 0 Å². The Balaban J connectivity index is 1.69. The number of hydrogen-bond acceptors (Lipinski definition) is 3. The van der Waals surface area contributed by atoms with Crippen molar-refractivity contribution in [2.75, 3.05) is 10.6 Å². The Morgan fingerprint density at radius 1 is 0.654 bits per heavy atom. The lowest BCUT2D eigenvalue weighted by Crippen LogP contribution is -2.15. The van der Waals surface area contributed by atoms with E-state index in [-0.39, 0.29) is 22.8 Å². The van der Waals surface area contributed by atoms with Crippen molar-refractivity contribution in [1.82, 2.24) is 4.98 Å². The van der Waals surface area contributed by atoms with Crippen molar-refractivity contribution in [3.8, 4) is 0 Å². The number of carbonyl (C=O) groups is 2. The van der Waals surface area contributed by atoms with Crippen LogP contribution in [-0.4, -0.2) is 16.8 Å². The van der Waals surface area contributed by atoms with Gasteiger partial charge in [-0.3, -0.25) is 9.59 Å². The highest BCUT2D eigenvalue weighted by Crippen LogP contribution is 2.13. The Hall–Kier alpha value is -3.61. The lowest BCUT2D eigenvalue weighted by atomic mass is 10.2. The minimum atomic E-state index is -0.459. The smallest absolute Gasteiger partial charge is 0.256 e. The lowest BCUT2D eigenvalue weighted by Gasteiger charge is -2.08. The Morgan fingerprint density at radius 2 is 1.04 bits per heavy atom. The molecule has 0 saturated carbocycles. The molecule has 5 nitrogen and oxygen atoms in total. The molecule has 130 valence electrons. The van der Waals surface area contributed by atoms with Crippen LogP contribution < -0.4 is 10.6 Å². The number of aromatic nitrogens is 1. The van der Waals surface area contributed by atoms with E-state index in [0.29, 0.717) is 0 Å². The highest BCUT2D eigenvalue weighted by Gasteiger charge is 2.10. The molecule has 0 fully saturated rings. The van der Waals surface area contributed by atoms with Crippen molar-refractivity contribution in [1.29, 1.82) is 0 Å². The molecule has 1 heterocycles. The zero-order chi connectivity index (χ0) is 18.5. The first-order valence-corrected chi connectivity index (χ1v) is 7.62. The molecular formula is C19H13F2N3O2. The molecule has 0 spiro atoms. The fraction of sp³-hybridized carbons (Fsp3) is 0. The van der Waals surface area contributed by atoms with Gasteiger partial charge in [-0.2, -0.15) is 0 Å². The second-order valence-electron chi connectivity index (χ2n) is 5.33. The van der Waals surface area contributed by atoms with Gasteiger partial charge in [0.05, 0.1) is 0 Å². The third-order valence-electron chi connectivity index (χ3n) is 3.45. The van der Waals surface area contributed by atoms with E-state index >= 15 is 0 Å². The van der Waals surface area contributed by atoms with Gasteiger partial charge in [-0.1, -0.05) is 6.07 Å². The van der Waals surface area contributed by atoms with Crippen LogP contribution in [0, 0.1) is 11.6 Å². The van der Waals surface area contributed by atoms with Gasteiger partial charge < -0.3 is 10.6 Å². The molecule has 2 amide bonds. The number of amides is 2. The molecule has 0 saturated heterocycles. The molecule has 0 aliphatic carbocycles. The summed E-state index contributed by atoms with van der Waals surface area (Å²) in [5.41, 5.74) is 0.544. The van der Waals surface area contributed by atoms with Crippen LogP contribution >= 0.6 is 0 Å². The summed E-state index contributed by atoms with van der Waals surface area (Å²) in [7, 11) is 0. The molecule has 0 atom stereocenters. The molecule has 0 radical (unpaired) electrons. The van der Waals surface area contributed by atoms with Gasteiger partial charge in [-0.05, 0) is 60.7 Å². The van der Waals surface area contributed by atoms with Gasteiger partial charge in [-0.15, -0.1) is 0 Å². The van der Waals surface area contributed by atoms with Crippen molar-refractivity contribution in [3.63, 3.8) is 0 Å². The summed E-state index contributed by atoms with van der Waals surface area (Å²) in [6.07, 6.45) is 0. The Kier molecular flexibility index (Phi) is 4.98. The fourth-order valence-corrected chi connectivity index (χ4v) is 2.15. The Bertz CT molecular complexity index is 867. The average molecular weight is 353 g/mol. The number of nitrogens with zero attached hydrogens (tertiary/aromatic N) is 1. The number of halogens is 2. The first kappa shape index (κ1) is 17.2. The molecule has 1 aromatic heterocycles. The maximum absolute atomic E-state index is 12.9. The number of carbonyl (C=O) groups excluding carboxylic acids is 2. The van der Waals surface area contributed by atoms with E-state index < -0.39 is 23.4 Å².